The molecule has 1 atom stereocenters. The third kappa shape index (κ3) is 3.45. The number of aliphatic hydroxyl groups excluding tert-OH is 1. The maximum absolute atomic E-state index is 13.2. The van der Waals surface area contributed by atoms with Crippen LogP contribution in [-0.4, -0.2) is 22.5 Å². The zero-order valence-corrected chi connectivity index (χ0v) is 15.4. The topological polar surface area (TPSA) is 72.2 Å². The number of hydrogen-bond acceptors (Lipinski definition) is 4. The van der Waals surface area contributed by atoms with Gasteiger partial charge in [-0.2, -0.15) is 0 Å². The van der Waals surface area contributed by atoms with Gasteiger partial charge in [0.25, 0.3) is 10.0 Å². The number of aliphatic hydroxyl groups is 1. The number of aromatic nitrogens is 2. The van der Waals surface area contributed by atoms with E-state index in [0.29, 0.717) is 23.1 Å². The van der Waals surface area contributed by atoms with Crippen molar-refractivity contribution in [2.24, 2.45) is 5.41 Å². The van der Waals surface area contributed by atoms with Gasteiger partial charge in [0.15, 0.2) is 5.65 Å². The van der Waals surface area contributed by atoms with Crippen molar-refractivity contribution in [3.05, 3.63) is 60.4 Å². The normalized spacial score (nSPS) is 13.9. The summed E-state index contributed by atoms with van der Waals surface area (Å²) in [6.07, 6.45) is 1.08. The van der Waals surface area contributed by atoms with Crippen LogP contribution < -0.4 is 0 Å². The van der Waals surface area contributed by atoms with Gasteiger partial charge in [0.1, 0.15) is 0 Å². The van der Waals surface area contributed by atoms with Crippen molar-refractivity contribution in [3.8, 4) is 0 Å². The Kier molecular flexibility index (Phi) is 4.43. The average molecular weight is 358 g/mol. The molecule has 0 aliphatic carbocycles. The summed E-state index contributed by atoms with van der Waals surface area (Å²) in [6.45, 7) is 6.02. The Labute approximate surface area is 148 Å². The summed E-state index contributed by atoms with van der Waals surface area (Å²) >= 11 is 0. The highest BCUT2D eigenvalue weighted by Crippen LogP contribution is 2.34. The van der Waals surface area contributed by atoms with Crippen LogP contribution in [0.5, 0.6) is 0 Å². The second kappa shape index (κ2) is 6.28. The molecule has 132 valence electrons. The van der Waals surface area contributed by atoms with E-state index < -0.39 is 16.1 Å². The van der Waals surface area contributed by atoms with Crippen molar-refractivity contribution in [1.29, 1.82) is 0 Å². The lowest BCUT2D eigenvalue weighted by Crippen LogP contribution is -2.20. The van der Waals surface area contributed by atoms with Crippen LogP contribution in [0.1, 0.15) is 39.0 Å². The summed E-state index contributed by atoms with van der Waals surface area (Å²) in [7, 11) is -3.86. The molecule has 1 aromatic carbocycles. The van der Waals surface area contributed by atoms with Crippen LogP contribution in [-0.2, 0) is 10.0 Å². The van der Waals surface area contributed by atoms with Crippen LogP contribution in [0.25, 0.3) is 11.0 Å². The monoisotopic (exact) mass is 358 g/mol. The molecule has 0 radical (unpaired) electrons. The molecule has 3 aromatic rings. The lowest BCUT2D eigenvalue weighted by atomic mass is 9.88. The minimum absolute atomic E-state index is 0.148. The maximum Gasteiger partial charge on any atom is 0.269 e. The molecular formula is C19H22N2O3S. The average Bonchev–Trinajstić information content (AvgIpc) is 2.94. The van der Waals surface area contributed by atoms with E-state index in [0.717, 1.165) is 0 Å². The molecule has 3 rings (SSSR count). The van der Waals surface area contributed by atoms with Crippen molar-refractivity contribution >= 4 is 21.1 Å². The predicted molar refractivity (Wildman–Crippen MR) is 97.8 cm³/mol. The Morgan fingerprint density at radius 1 is 1.12 bits per heavy atom. The SMILES string of the molecule is CC(C)(C)CC(O)c1cc2cccnc2n1S(=O)(=O)c1ccccc1. The predicted octanol–water partition coefficient (Wildman–Crippen LogP) is 3.74. The number of fused-ring (bicyclic) bond motifs is 1. The summed E-state index contributed by atoms with van der Waals surface area (Å²) in [5, 5.41) is 11.4. The largest absolute Gasteiger partial charge is 0.387 e. The van der Waals surface area contributed by atoms with E-state index in [4.69, 9.17) is 0 Å². The molecule has 2 heterocycles. The number of benzene rings is 1. The van der Waals surface area contributed by atoms with Crippen LogP contribution >= 0.6 is 0 Å². The molecule has 5 nitrogen and oxygen atoms in total. The van der Waals surface area contributed by atoms with Crippen molar-refractivity contribution < 1.29 is 13.5 Å². The highest BCUT2D eigenvalue weighted by molar-refractivity contribution is 7.90. The Hall–Kier alpha value is -2.18. The van der Waals surface area contributed by atoms with Gasteiger partial charge < -0.3 is 5.11 Å². The van der Waals surface area contributed by atoms with E-state index in [9.17, 15) is 13.5 Å². The van der Waals surface area contributed by atoms with Gasteiger partial charge in [-0.25, -0.2) is 17.4 Å². The highest BCUT2D eigenvalue weighted by Gasteiger charge is 2.29. The van der Waals surface area contributed by atoms with Crippen LogP contribution in [0.15, 0.2) is 59.6 Å². The van der Waals surface area contributed by atoms with Gasteiger partial charge in [-0.05, 0) is 42.2 Å². The minimum atomic E-state index is -3.86. The summed E-state index contributed by atoms with van der Waals surface area (Å²) in [5.41, 5.74) is 0.520. The van der Waals surface area contributed by atoms with Gasteiger partial charge in [0, 0.05) is 11.6 Å². The van der Waals surface area contributed by atoms with E-state index >= 15 is 0 Å². The van der Waals surface area contributed by atoms with Crippen LogP contribution in [0, 0.1) is 5.41 Å². The zero-order chi connectivity index (χ0) is 18.2. The molecule has 2 aromatic heterocycles. The molecule has 25 heavy (non-hydrogen) atoms. The van der Waals surface area contributed by atoms with E-state index in [1.165, 1.54) is 3.97 Å². The van der Waals surface area contributed by atoms with E-state index in [2.05, 4.69) is 4.98 Å². The molecule has 0 amide bonds. The van der Waals surface area contributed by atoms with Crippen molar-refractivity contribution in [3.63, 3.8) is 0 Å². The zero-order valence-electron chi connectivity index (χ0n) is 14.5. The number of rotatable bonds is 4. The smallest absolute Gasteiger partial charge is 0.269 e. The molecule has 1 N–H and O–H groups in total. The molecule has 0 bridgehead atoms. The Balaban J connectivity index is 2.24. The first-order chi connectivity index (χ1) is 11.7. The quantitative estimate of drug-likeness (QED) is 0.771. The number of nitrogens with zero attached hydrogens (tertiary/aromatic N) is 2. The van der Waals surface area contributed by atoms with Gasteiger partial charge >= 0.3 is 0 Å². The lowest BCUT2D eigenvalue weighted by Gasteiger charge is -2.23. The summed E-state index contributed by atoms with van der Waals surface area (Å²) < 4.78 is 27.6. The third-order valence-corrected chi connectivity index (χ3v) is 5.71. The molecule has 0 saturated carbocycles. The van der Waals surface area contributed by atoms with Crippen LogP contribution in [0.2, 0.25) is 0 Å². The first-order valence-electron chi connectivity index (χ1n) is 8.15. The van der Waals surface area contributed by atoms with Gasteiger partial charge in [-0.1, -0.05) is 39.0 Å². The summed E-state index contributed by atoms with van der Waals surface area (Å²) in [5.74, 6) is 0. The summed E-state index contributed by atoms with van der Waals surface area (Å²) in [4.78, 5) is 4.41. The van der Waals surface area contributed by atoms with Gasteiger partial charge in [0.2, 0.25) is 0 Å². The molecule has 0 saturated heterocycles. The maximum atomic E-state index is 13.2. The standard InChI is InChI=1S/C19H22N2O3S/c1-19(2,3)13-17(22)16-12-14-8-7-11-20-18(14)21(16)25(23,24)15-9-5-4-6-10-15/h4-12,17,22H,13H2,1-3H3. The van der Waals surface area contributed by atoms with Crippen molar-refractivity contribution in [2.75, 3.05) is 0 Å². The van der Waals surface area contributed by atoms with Gasteiger partial charge in [-0.3, -0.25) is 0 Å². The minimum Gasteiger partial charge on any atom is -0.387 e. The fourth-order valence-electron chi connectivity index (χ4n) is 2.90. The van der Waals surface area contributed by atoms with Crippen LogP contribution in [0.4, 0.5) is 0 Å². The Bertz CT molecular complexity index is 986. The third-order valence-electron chi connectivity index (χ3n) is 3.98. The fraction of sp³-hybridized carbons (Fsp3) is 0.316. The number of hydrogen-bond donors (Lipinski definition) is 1. The highest BCUT2D eigenvalue weighted by atomic mass is 32.2. The van der Waals surface area contributed by atoms with Crippen molar-refractivity contribution in [1.82, 2.24) is 8.96 Å². The molecule has 0 fully saturated rings. The second-order valence-electron chi connectivity index (χ2n) is 7.35. The first kappa shape index (κ1) is 17.6. The summed E-state index contributed by atoms with van der Waals surface area (Å²) in [6, 6.07) is 13.5. The second-order valence-corrected chi connectivity index (χ2v) is 9.14. The molecule has 0 aliphatic heterocycles. The number of pyridine rings is 1. The van der Waals surface area contributed by atoms with Crippen molar-refractivity contribution in [2.45, 2.75) is 38.2 Å². The van der Waals surface area contributed by atoms with E-state index in [-0.39, 0.29) is 10.3 Å². The lowest BCUT2D eigenvalue weighted by molar-refractivity contribution is 0.118. The Morgan fingerprint density at radius 3 is 2.44 bits per heavy atom. The van der Waals surface area contributed by atoms with E-state index in [1.807, 2.05) is 20.8 Å². The van der Waals surface area contributed by atoms with Crippen LogP contribution in [0.3, 0.4) is 0 Å². The van der Waals surface area contributed by atoms with Gasteiger partial charge in [0.05, 0.1) is 16.7 Å². The molecule has 0 aliphatic rings. The first-order valence-corrected chi connectivity index (χ1v) is 9.59. The fourth-order valence-corrected chi connectivity index (χ4v) is 4.44. The van der Waals surface area contributed by atoms with Gasteiger partial charge in [-0.15, -0.1) is 0 Å². The molecule has 0 spiro atoms. The molecular weight excluding hydrogens is 336 g/mol. The molecule has 1 unspecified atom stereocenters. The van der Waals surface area contributed by atoms with E-state index in [1.54, 1.807) is 54.7 Å². The molecule has 6 heteroatoms. The Morgan fingerprint density at radius 2 is 1.80 bits per heavy atom.